The van der Waals surface area contributed by atoms with Gasteiger partial charge >= 0.3 is 0 Å². The minimum atomic E-state index is -0.447. The molecule has 1 spiro atoms. The number of nitrogens with zero attached hydrogens (tertiary/aromatic N) is 3. The van der Waals surface area contributed by atoms with Gasteiger partial charge in [-0.05, 0) is 74.6 Å². The Labute approximate surface area is 212 Å². The third-order valence-electron chi connectivity index (χ3n) is 9.33. The molecule has 4 atom stereocenters. The summed E-state index contributed by atoms with van der Waals surface area (Å²) in [5, 5.41) is 15.8. The Kier molecular flexibility index (Phi) is 5.98. The van der Waals surface area contributed by atoms with E-state index in [0.29, 0.717) is 25.1 Å². The number of carbonyl (C=O) groups excluding carboxylic acids is 1. The molecule has 194 valence electrons. The van der Waals surface area contributed by atoms with Gasteiger partial charge in [0, 0.05) is 62.1 Å². The van der Waals surface area contributed by atoms with Gasteiger partial charge in [0.1, 0.15) is 5.82 Å². The van der Waals surface area contributed by atoms with Gasteiger partial charge in [0.2, 0.25) is 5.91 Å². The van der Waals surface area contributed by atoms with Crippen LogP contribution in [0.2, 0.25) is 0 Å². The van der Waals surface area contributed by atoms with Crippen LogP contribution in [0, 0.1) is 18.3 Å². The fraction of sp³-hybridized carbons (Fsp3) is 0.643. The molecule has 0 radical (unpaired) electrons. The molecule has 8 nitrogen and oxygen atoms in total. The SMILES string of the molecule is Cc1cc2cnc(NC(=O)C3CC34CCOCC4)cc2cc1N1CCN(C2(C)COCC2O)C[C@@H]1C. The summed E-state index contributed by atoms with van der Waals surface area (Å²) in [5.41, 5.74) is 2.27. The molecule has 36 heavy (non-hydrogen) atoms. The minimum absolute atomic E-state index is 0.0789. The first kappa shape index (κ1) is 24.1. The van der Waals surface area contributed by atoms with Gasteiger partial charge in [-0.25, -0.2) is 4.98 Å². The Morgan fingerprint density at radius 2 is 1.97 bits per heavy atom. The molecule has 3 unspecified atom stereocenters. The molecule has 3 saturated heterocycles. The Morgan fingerprint density at radius 1 is 1.17 bits per heavy atom. The van der Waals surface area contributed by atoms with Gasteiger partial charge in [0.15, 0.2) is 0 Å². The zero-order valence-corrected chi connectivity index (χ0v) is 21.6. The molecule has 8 heteroatoms. The number of aromatic nitrogens is 1. The van der Waals surface area contributed by atoms with E-state index >= 15 is 0 Å². The van der Waals surface area contributed by atoms with Crippen molar-refractivity contribution < 1.29 is 19.4 Å². The zero-order valence-electron chi connectivity index (χ0n) is 21.6. The van der Waals surface area contributed by atoms with Crippen LogP contribution >= 0.6 is 0 Å². The highest BCUT2D eigenvalue weighted by atomic mass is 16.5. The lowest BCUT2D eigenvalue weighted by Crippen LogP contribution is -2.63. The van der Waals surface area contributed by atoms with Crippen molar-refractivity contribution in [3.63, 3.8) is 0 Å². The third kappa shape index (κ3) is 4.08. The summed E-state index contributed by atoms with van der Waals surface area (Å²) >= 11 is 0. The number of piperazine rings is 1. The van der Waals surface area contributed by atoms with E-state index < -0.39 is 6.10 Å². The normalized spacial score (nSPS) is 32.2. The predicted octanol–water partition coefficient (Wildman–Crippen LogP) is 2.96. The number of benzene rings is 1. The number of ether oxygens (including phenoxy) is 2. The topological polar surface area (TPSA) is 87.2 Å². The maximum absolute atomic E-state index is 13.0. The molecule has 4 heterocycles. The first-order valence-electron chi connectivity index (χ1n) is 13.4. The van der Waals surface area contributed by atoms with E-state index in [2.05, 4.69) is 53.0 Å². The summed E-state index contributed by atoms with van der Waals surface area (Å²) in [4.78, 5) is 22.4. The molecule has 1 saturated carbocycles. The van der Waals surface area contributed by atoms with E-state index in [9.17, 15) is 9.90 Å². The number of anilines is 2. The second-order valence-corrected chi connectivity index (χ2v) is 11.7. The van der Waals surface area contributed by atoms with Crippen molar-refractivity contribution in [3.8, 4) is 0 Å². The molecule has 2 N–H and O–H groups in total. The summed E-state index contributed by atoms with van der Waals surface area (Å²) in [6.45, 7) is 11.7. The molecule has 2 aromatic rings. The summed E-state index contributed by atoms with van der Waals surface area (Å²) < 4.78 is 11.1. The van der Waals surface area contributed by atoms with Crippen molar-refractivity contribution in [3.05, 3.63) is 30.0 Å². The lowest BCUT2D eigenvalue weighted by molar-refractivity contribution is -0.118. The molecule has 0 bridgehead atoms. The van der Waals surface area contributed by atoms with Crippen LogP contribution in [0.3, 0.4) is 0 Å². The average Bonchev–Trinajstić information content (AvgIpc) is 3.44. The number of hydrogen-bond donors (Lipinski definition) is 2. The van der Waals surface area contributed by atoms with Gasteiger partial charge < -0.3 is 24.8 Å². The smallest absolute Gasteiger partial charge is 0.229 e. The number of aliphatic hydroxyl groups excluding tert-OH is 1. The zero-order chi connectivity index (χ0) is 25.1. The highest BCUT2D eigenvalue weighted by Crippen LogP contribution is 2.59. The maximum Gasteiger partial charge on any atom is 0.229 e. The number of aryl methyl sites for hydroxylation is 1. The number of aliphatic hydroxyl groups is 1. The van der Waals surface area contributed by atoms with Crippen LogP contribution in [-0.4, -0.2) is 84.6 Å². The quantitative estimate of drug-likeness (QED) is 0.676. The first-order valence-corrected chi connectivity index (χ1v) is 13.4. The molecular weight excluding hydrogens is 456 g/mol. The van der Waals surface area contributed by atoms with Gasteiger partial charge in [-0.1, -0.05) is 0 Å². The monoisotopic (exact) mass is 494 g/mol. The Balaban J connectivity index is 1.18. The predicted molar refractivity (Wildman–Crippen MR) is 139 cm³/mol. The highest BCUT2D eigenvalue weighted by Gasteiger charge is 2.58. The van der Waals surface area contributed by atoms with Crippen molar-refractivity contribution in [1.29, 1.82) is 0 Å². The van der Waals surface area contributed by atoms with Crippen LogP contribution in [0.4, 0.5) is 11.5 Å². The van der Waals surface area contributed by atoms with Crippen molar-refractivity contribution >= 4 is 28.2 Å². The Bertz CT molecular complexity index is 1170. The van der Waals surface area contributed by atoms with Gasteiger partial charge in [-0.2, -0.15) is 0 Å². The van der Waals surface area contributed by atoms with E-state index in [1.165, 1.54) is 11.3 Å². The van der Waals surface area contributed by atoms with Crippen LogP contribution in [-0.2, 0) is 14.3 Å². The lowest BCUT2D eigenvalue weighted by Gasteiger charge is -2.48. The summed E-state index contributed by atoms with van der Waals surface area (Å²) in [7, 11) is 0. The molecule has 4 fully saturated rings. The molecule has 1 aromatic heterocycles. The number of pyridine rings is 1. The van der Waals surface area contributed by atoms with E-state index in [-0.39, 0.29) is 22.8 Å². The van der Waals surface area contributed by atoms with E-state index in [1.807, 2.05) is 12.3 Å². The van der Waals surface area contributed by atoms with E-state index in [4.69, 9.17) is 9.47 Å². The molecule has 4 aliphatic rings. The number of rotatable bonds is 4. The molecule has 3 aliphatic heterocycles. The molecule has 1 amide bonds. The number of hydrogen-bond acceptors (Lipinski definition) is 7. The lowest BCUT2D eigenvalue weighted by atomic mass is 9.93. The molecule has 1 aliphatic carbocycles. The fourth-order valence-corrected chi connectivity index (χ4v) is 6.67. The van der Waals surface area contributed by atoms with Crippen molar-refractivity contribution in [2.75, 3.05) is 56.3 Å². The van der Waals surface area contributed by atoms with Crippen molar-refractivity contribution in [1.82, 2.24) is 9.88 Å². The van der Waals surface area contributed by atoms with E-state index in [1.54, 1.807) is 0 Å². The van der Waals surface area contributed by atoms with E-state index in [0.717, 1.165) is 62.9 Å². The van der Waals surface area contributed by atoms with Gasteiger partial charge in [-0.3, -0.25) is 9.69 Å². The third-order valence-corrected chi connectivity index (χ3v) is 9.33. The fourth-order valence-electron chi connectivity index (χ4n) is 6.67. The van der Waals surface area contributed by atoms with Crippen LogP contribution < -0.4 is 10.2 Å². The standard InChI is InChI=1S/C28H38N4O4/c1-18-10-21-14-29-25(30-26(34)22-13-28(22)4-8-35-9-5-28)12-20(21)11-23(18)32-7-6-31(15-19(32)2)27(3)17-36-16-24(27)33/h10-12,14,19,22,24,33H,4-9,13,15-17H2,1-3H3,(H,29,30,34)/t19-,22?,24?,27?/m0/s1. The average molecular weight is 495 g/mol. The highest BCUT2D eigenvalue weighted by molar-refractivity contribution is 5.97. The van der Waals surface area contributed by atoms with Crippen LogP contribution in [0.5, 0.6) is 0 Å². The largest absolute Gasteiger partial charge is 0.389 e. The molecule has 1 aromatic carbocycles. The molecule has 6 rings (SSSR count). The van der Waals surface area contributed by atoms with Gasteiger partial charge in [0.05, 0.1) is 24.9 Å². The number of nitrogens with one attached hydrogen (secondary N) is 1. The number of amides is 1. The van der Waals surface area contributed by atoms with Gasteiger partial charge in [-0.15, -0.1) is 0 Å². The summed E-state index contributed by atoms with van der Waals surface area (Å²) in [6.07, 6.45) is 4.34. The Hall–Kier alpha value is -2.26. The summed E-state index contributed by atoms with van der Waals surface area (Å²) in [6, 6.07) is 6.73. The van der Waals surface area contributed by atoms with Crippen LogP contribution in [0.15, 0.2) is 24.4 Å². The Morgan fingerprint density at radius 3 is 2.69 bits per heavy atom. The second-order valence-electron chi connectivity index (χ2n) is 11.7. The van der Waals surface area contributed by atoms with Crippen LogP contribution in [0.1, 0.15) is 38.7 Å². The number of fused-ring (bicyclic) bond motifs is 1. The summed E-state index contributed by atoms with van der Waals surface area (Å²) in [5.74, 6) is 0.792. The van der Waals surface area contributed by atoms with Crippen molar-refractivity contribution in [2.45, 2.75) is 57.7 Å². The molecular formula is C28H38N4O4. The van der Waals surface area contributed by atoms with Gasteiger partial charge in [0.25, 0.3) is 0 Å². The maximum atomic E-state index is 13.0. The number of carbonyl (C=O) groups is 1. The van der Waals surface area contributed by atoms with Crippen molar-refractivity contribution in [2.24, 2.45) is 11.3 Å². The van der Waals surface area contributed by atoms with Crippen LogP contribution in [0.25, 0.3) is 10.8 Å². The second kappa shape index (κ2) is 8.94. The first-order chi connectivity index (χ1) is 17.3. The minimum Gasteiger partial charge on any atom is -0.389 e.